The van der Waals surface area contributed by atoms with Crippen LogP contribution >= 0.6 is 11.3 Å². The summed E-state index contributed by atoms with van der Waals surface area (Å²) in [6.07, 6.45) is -3.34. The van der Waals surface area contributed by atoms with E-state index in [0.29, 0.717) is 19.4 Å². The predicted molar refractivity (Wildman–Crippen MR) is 185 cm³/mol. The number of carbonyl (C=O) groups excluding carboxylic acids is 2. The highest BCUT2D eigenvalue weighted by atomic mass is 32.2. The number of ether oxygens (including phenoxy) is 2. The Hall–Kier alpha value is -3.70. The average Bonchev–Trinajstić information content (AvgIpc) is 3.62. The number of hydrogen-bond donors (Lipinski definition) is 3. The van der Waals surface area contributed by atoms with Crippen molar-refractivity contribution in [3.63, 3.8) is 0 Å². The first-order valence-electron chi connectivity index (χ1n) is 16.2. The normalized spacial score (nSPS) is 20.4. The third-order valence-electron chi connectivity index (χ3n) is 8.38. The highest BCUT2D eigenvalue weighted by Crippen LogP contribution is 2.31. The van der Waals surface area contributed by atoms with Gasteiger partial charge in [0.05, 0.1) is 36.0 Å². The van der Waals surface area contributed by atoms with Gasteiger partial charge in [0, 0.05) is 44.0 Å². The molecule has 2 aromatic carbocycles. The molecule has 0 bridgehead atoms. The van der Waals surface area contributed by atoms with E-state index in [1.165, 1.54) is 22.3 Å². The lowest BCUT2D eigenvalue weighted by atomic mass is 10.0. The molecule has 16 heteroatoms. The first-order valence-corrected chi connectivity index (χ1v) is 18.5. The summed E-state index contributed by atoms with van der Waals surface area (Å²) in [4.78, 5) is 28.6. The SMILES string of the molecule is C[C@@H]1CCCCO[C@H](CN(C)S(=O)(=O)c2cccs2)[C@@H](C)CN([C@@H](C)CO)C(=O)c2cc(NC(=O)Nc3ccc(C(F)(F)F)cc3)ccc2O1. The molecule has 274 valence electrons. The second-order valence-electron chi connectivity index (χ2n) is 12.4. The largest absolute Gasteiger partial charge is 0.490 e. The summed E-state index contributed by atoms with van der Waals surface area (Å²) in [6, 6.07) is 10.3. The molecule has 0 aliphatic carbocycles. The van der Waals surface area contributed by atoms with Gasteiger partial charge in [0.15, 0.2) is 0 Å². The zero-order valence-electron chi connectivity index (χ0n) is 28.3. The number of hydrogen-bond acceptors (Lipinski definition) is 8. The molecule has 1 aliphatic rings. The number of nitrogens with zero attached hydrogens (tertiary/aromatic N) is 2. The monoisotopic (exact) mass is 740 g/mol. The van der Waals surface area contributed by atoms with Gasteiger partial charge in [-0.1, -0.05) is 13.0 Å². The van der Waals surface area contributed by atoms with E-state index in [1.54, 1.807) is 36.6 Å². The predicted octanol–water partition coefficient (Wildman–Crippen LogP) is 6.53. The highest BCUT2D eigenvalue weighted by molar-refractivity contribution is 7.91. The summed E-state index contributed by atoms with van der Waals surface area (Å²) >= 11 is 1.12. The minimum atomic E-state index is -4.52. The van der Waals surface area contributed by atoms with Gasteiger partial charge < -0.3 is 30.1 Å². The number of rotatable bonds is 8. The van der Waals surface area contributed by atoms with Crippen LogP contribution in [0.15, 0.2) is 64.2 Å². The number of aliphatic hydroxyl groups is 1. The molecule has 3 N–H and O–H groups in total. The van der Waals surface area contributed by atoms with Gasteiger partial charge in [-0.05, 0) is 87.0 Å². The smallest absolute Gasteiger partial charge is 0.416 e. The minimum absolute atomic E-state index is 0.0369. The molecule has 0 fully saturated rings. The second kappa shape index (κ2) is 17.0. The van der Waals surface area contributed by atoms with Crippen LogP contribution in [-0.4, -0.2) is 86.3 Å². The Kier molecular flexibility index (Phi) is 13.3. The van der Waals surface area contributed by atoms with Gasteiger partial charge >= 0.3 is 12.2 Å². The van der Waals surface area contributed by atoms with Crippen molar-refractivity contribution in [2.75, 3.05) is 44.0 Å². The Bertz CT molecular complexity index is 1690. The number of aliphatic hydroxyl groups excluding tert-OH is 1. The third-order valence-corrected chi connectivity index (χ3v) is 11.6. The van der Waals surface area contributed by atoms with Crippen molar-refractivity contribution >= 4 is 44.7 Å². The van der Waals surface area contributed by atoms with Gasteiger partial charge in [-0.15, -0.1) is 11.3 Å². The molecule has 2 heterocycles. The summed E-state index contributed by atoms with van der Waals surface area (Å²) in [7, 11) is -2.27. The van der Waals surface area contributed by atoms with Crippen LogP contribution in [-0.2, 0) is 20.9 Å². The van der Waals surface area contributed by atoms with E-state index in [9.17, 15) is 36.3 Å². The fourth-order valence-corrected chi connectivity index (χ4v) is 7.80. The Morgan fingerprint density at radius 2 is 1.78 bits per heavy atom. The molecule has 4 rings (SSSR count). The number of thiophene rings is 1. The Morgan fingerprint density at radius 3 is 2.42 bits per heavy atom. The Morgan fingerprint density at radius 1 is 1.10 bits per heavy atom. The van der Waals surface area contributed by atoms with Crippen molar-refractivity contribution in [2.45, 2.75) is 68.7 Å². The van der Waals surface area contributed by atoms with E-state index >= 15 is 0 Å². The summed E-state index contributed by atoms with van der Waals surface area (Å²) in [5.74, 6) is -0.607. The standard InChI is InChI=1S/C34H43F3N4O7S2/c1-22-19-41(23(2)21-42)32(43)28-18-27(39-33(44)38-26-12-10-25(11-13-26)34(35,36)37)14-15-29(28)48-24(3)8-5-6-16-47-30(22)20-40(4)50(45,46)31-9-7-17-49-31/h7,9-15,17-18,22-24,30,42H,5-6,8,16,19-21H2,1-4H3,(H2,38,39,44)/t22-,23-,24+,30+/m0/s1. The topological polar surface area (TPSA) is 138 Å². The number of benzene rings is 2. The maximum Gasteiger partial charge on any atom is 0.416 e. The van der Waals surface area contributed by atoms with Crippen molar-refractivity contribution < 1.29 is 45.8 Å². The van der Waals surface area contributed by atoms with E-state index < -0.39 is 45.8 Å². The van der Waals surface area contributed by atoms with Gasteiger partial charge in [-0.25, -0.2) is 13.2 Å². The lowest BCUT2D eigenvalue weighted by Gasteiger charge is -2.35. The van der Waals surface area contributed by atoms with Crippen LogP contribution in [0.3, 0.4) is 0 Å². The van der Waals surface area contributed by atoms with E-state index in [-0.39, 0.29) is 58.6 Å². The van der Waals surface area contributed by atoms with Crippen molar-refractivity contribution in [1.29, 1.82) is 0 Å². The highest BCUT2D eigenvalue weighted by Gasteiger charge is 2.33. The molecule has 1 aliphatic heterocycles. The van der Waals surface area contributed by atoms with Crippen LogP contribution in [0.4, 0.5) is 29.3 Å². The van der Waals surface area contributed by atoms with Gasteiger partial charge in [0.25, 0.3) is 15.9 Å². The van der Waals surface area contributed by atoms with Crippen LogP contribution in [0.1, 0.15) is 56.0 Å². The van der Waals surface area contributed by atoms with Crippen molar-refractivity contribution in [1.82, 2.24) is 9.21 Å². The number of anilines is 2. The number of halogens is 3. The summed E-state index contributed by atoms with van der Waals surface area (Å²) in [5, 5.41) is 17.0. The molecule has 1 aromatic heterocycles. The molecule has 0 saturated heterocycles. The van der Waals surface area contributed by atoms with Crippen molar-refractivity contribution in [3.05, 3.63) is 71.1 Å². The van der Waals surface area contributed by atoms with Crippen LogP contribution in [0.2, 0.25) is 0 Å². The van der Waals surface area contributed by atoms with Gasteiger partial charge in [-0.3, -0.25) is 4.79 Å². The zero-order valence-corrected chi connectivity index (χ0v) is 29.9. The van der Waals surface area contributed by atoms with Crippen molar-refractivity contribution in [3.8, 4) is 5.75 Å². The molecular weight excluding hydrogens is 698 g/mol. The maximum atomic E-state index is 14.3. The van der Waals surface area contributed by atoms with E-state index in [0.717, 1.165) is 42.0 Å². The lowest BCUT2D eigenvalue weighted by molar-refractivity contribution is -0.137. The fourth-order valence-electron chi connectivity index (χ4n) is 5.41. The first kappa shape index (κ1) is 39.1. The van der Waals surface area contributed by atoms with Crippen LogP contribution in [0.25, 0.3) is 0 Å². The quantitative estimate of drug-likeness (QED) is 0.239. The van der Waals surface area contributed by atoms with Gasteiger partial charge in [0.1, 0.15) is 9.96 Å². The molecule has 0 saturated carbocycles. The first-order chi connectivity index (χ1) is 23.6. The number of amides is 3. The van der Waals surface area contributed by atoms with Gasteiger partial charge in [-0.2, -0.15) is 17.5 Å². The number of nitrogens with one attached hydrogen (secondary N) is 2. The summed E-state index contributed by atoms with van der Waals surface area (Å²) in [5.41, 5.74) is -0.398. The molecule has 3 aromatic rings. The summed E-state index contributed by atoms with van der Waals surface area (Å²) in [6.45, 7) is 5.55. The van der Waals surface area contributed by atoms with Gasteiger partial charge in [0.2, 0.25) is 0 Å². The number of carbonyl (C=O) groups is 2. The third kappa shape index (κ3) is 10.2. The molecule has 3 amide bonds. The van der Waals surface area contributed by atoms with Crippen LogP contribution in [0.5, 0.6) is 5.75 Å². The number of alkyl halides is 3. The Labute approximate surface area is 294 Å². The molecule has 11 nitrogen and oxygen atoms in total. The molecule has 0 radical (unpaired) electrons. The number of sulfonamides is 1. The lowest BCUT2D eigenvalue weighted by Crippen LogP contribution is -2.48. The summed E-state index contributed by atoms with van der Waals surface area (Å²) < 4.78 is 79.2. The number of fused-ring (bicyclic) bond motifs is 1. The van der Waals surface area contributed by atoms with E-state index in [4.69, 9.17) is 9.47 Å². The Balaban J connectivity index is 1.60. The molecule has 0 spiro atoms. The second-order valence-corrected chi connectivity index (χ2v) is 15.6. The molecule has 4 atom stereocenters. The minimum Gasteiger partial charge on any atom is -0.490 e. The van der Waals surface area contributed by atoms with Crippen LogP contribution in [0, 0.1) is 5.92 Å². The average molecular weight is 741 g/mol. The van der Waals surface area contributed by atoms with E-state index in [1.807, 2.05) is 13.8 Å². The number of likely N-dealkylation sites (N-methyl/N-ethyl adjacent to an activating group) is 1. The molecule has 50 heavy (non-hydrogen) atoms. The fraction of sp³-hybridized carbons (Fsp3) is 0.471. The molecule has 0 unspecified atom stereocenters. The van der Waals surface area contributed by atoms with Crippen molar-refractivity contribution in [2.24, 2.45) is 5.92 Å². The van der Waals surface area contributed by atoms with Crippen LogP contribution < -0.4 is 15.4 Å². The van der Waals surface area contributed by atoms with E-state index in [2.05, 4.69) is 10.6 Å². The molecular formula is C34H43F3N4O7S2. The maximum absolute atomic E-state index is 14.3. The number of urea groups is 1. The zero-order chi connectivity index (χ0) is 36.6.